The van der Waals surface area contributed by atoms with Crippen LogP contribution in [0.4, 0.5) is 0 Å². The van der Waals surface area contributed by atoms with Gasteiger partial charge in [0.1, 0.15) is 11.4 Å². The Balaban J connectivity index is 1.53. The summed E-state index contributed by atoms with van der Waals surface area (Å²) in [5.41, 5.74) is 8.10. The molecule has 0 aliphatic rings. The number of hydrazine groups is 1. The lowest BCUT2D eigenvalue weighted by Crippen LogP contribution is -2.43. The average Bonchev–Trinajstić information content (AvgIpc) is 3.01. The second-order valence-corrected chi connectivity index (χ2v) is 5.88. The maximum absolute atomic E-state index is 12.1. The van der Waals surface area contributed by atoms with Crippen LogP contribution in [0.3, 0.4) is 0 Å². The number of aromatic nitrogens is 1. The van der Waals surface area contributed by atoms with Crippen LogP contribution in [0.25, 0.3) is 10.9 Å². The zero-order chi connectivity index (χ0) is 17.8. The van der Waals surface area contributed by atoms with E-state index in [0.29, 0.717) is 11.4 Å². The smallest absolute Gasteiger partial charge is 0.286 e. The van der Waals surface area contributed by atoms with Crippen molar-refractivity contribution in [3.8, 4) is 5.75 Å². The van der Waals surface area contributed by atoms with Gasteiger partial charge in [-0.2, -0.15) is 0 Å². The van der Waals surface area contributed by atoms with Crippen LogP contribution in [0.2, 0.25) is 0 Å². The minimum Gasteiger partial charge on any atom is -0.484 e. The molecular formula is C19H19N3O3. The van der Waals surface area contributed by atoms with Crippen LogP contribution in [0, 0.1) is 13.8 Å². The molecule has 0 spiro atoms. The van der Waals surface area contributed by atoms with Crippen molar-refractivity contribution in [3.05, 3.63) is 65.4 Å². The van der Waals surface area contributed by atoms with Crippen molar-refractivity contribution in [1.82, 2.24) is 15.8 Å². The molecule has 2 amide bonds. The Morgan fingerprint density at radius 2 is 1.80 bits per heavy atom. The fourth-order valence-corrected chi connectivity index (χ4v) is 2.45. The number of nitrogens with one attached hydrogen (secondary N) is 3. The number of fused-ring (bicyclic) bond motifs is 1. The number of amides is 2. The normalized spacial score (nSPS) is 10.5. The largest absolute Gasteiger partial charge is 0.484 e. The highest BCUT2D eigenvalue weighted by Crippen LogP contribution is 2.16. The highest BCUT2D eigenvalue weighted by atomic mass is 16.5. The van der Waals surface area contributed by atoms with Gasteiger partial charge in [-0.15, -0.1) is 0 Å². The number of rotatable bonds is 4. The first-order chi connectivity index (χ1) is 12.0. The second kappa shape index (κ2) is 7.09. The standard InChI is InChI=1S/C19H19N3O3/c1-12-4-3-5-15(8-12)25-11-18(23)21-22-19(24)17-10-14-7-6-13(2)9-16(14)20-17/h3-10,20H,11H2,1-2H3,(H,21,23)(H,22,24). The van der Waals surface area contributed by atoms with E-state index in [4.69, 9.17) is 4.74 Å². The number of benzene rings is 2. The minimum absolute atomic E-state index is 0.185. The Labute approximate surface area is 145 Å². The first-order valence-corrected chi connectivity index (χ1v) is 7.89. The van der Waals surface area contributed by atoms with Gasteiger partial charge in [0.15, 0.2) is 6.61 Å². The summed E-state index contributed by atoms with van der Waals surface area (Å²) in [6.45, 7) is 3.74. The molecular weight excluding hydrogens is 318 g/mol. The van der Waals surface area contributed by atoms with Gasteiger partial charge >= 0.3 is 0 Å². The lowest BCUT2D eigenvalue weighted by atomic mass is 10.2. The zero-order valence-electron chi connectivity index (χ0n) is 14.1. The van der Waals surface area contributed by atoms with E-state index in [2.05, 4.69) is 15.8 Å². The Morgan fingerprint density at radius 1 is 1.00 bits per heavy atom. The van der Waals surface area contributed by atoms with Crippen molar-refractivity contribution in [2.45, 2.75) is 13.8 Å². The predicted octanol–water partition coefficient (Wildman–Crippen LogP) is 2.62. The van der Waals surface area contributed by atoms with Crippen molar-refractivity contribution in [3.63, 3.8) is 0 Å². The van der Waals surface area contributed by atoms with Crippen LogP contribution < -0.4 is 15.6 Å². The van der Waals surface area contributed by atoms with E-state index in [0.717, 1.165) is 22.0 Å². The summed E-state index contributed by atoms with van der Waals surface area (Å²) in [6.07, 6.45) is 0. The van der Waals surface area contributed by atoms with E-state index in [9.17, 15) is 9.59 Å². The van der Waals surface area contributed by atoms with Crippen LogP contribution in [-0.2, 0) is 4.79 Å². The molecule has 0 fully saturated rings. The minimum atomic E-state index is -0.443. The molecule has 25 heavy (non-hydrogen) atoms. The Kier molecular flexibility index (Phi) is 4.70. The molecule has 0 aliphatic carbocycles. The molecule has 3 aromatic rings. The molecule has 2 aromatic carbocycles. The Hall–Kier alpha value is -3.28. The van der Waals surface area contributed by atoms with Gasteiger partial charge in [-0.1, -0.05) is 24.3 Å². The molecule has 6 nitrogen and oxygen atoms in total. The topological polar surface area (TPSA) is 83.2 Å². The summed E-state index contributed by atoms with van der Waals surface area (Å²) in [5.74, 6) is -0.257. The molecule has 0 bridgehead atoms. The van der Waals surface area contributed by atoms with Crippen LogP contribution >= 0.6 is 0 Å². The quantitative estimate of drug-likeness (QED) is 0.640. The summed E-state index contributed by atoms with van der Waals surface area (Å²) in [5, 5.41) is 0.935. The molecule has 0 saturated heterocycles. The molecule has 128 valence electrons. The van der Waals surface area contributed by atoms with Gasteiger partial charge in [0.2, 0.25) is 0 Å². The molecule has 1 heterocycles. The number of aromatic amines is 1. The van der Waals surface area contributed by atoms with E-state index < -0.39 is 11.8 Å². The fourth-order valence-electron chi connectivity index (χ4n) is 2.45. The number of ether oxygens (including phenoxy) is 1. The molecule has 6 heteroatoms. The maximum Gasteiger partial charge on any atom is 0.286 e. The number of aryl methyl sites for hydroxylation is 2. The fraction of sp³-hybridized carbons (Fsp3) is 0.158. The van der Waals surface area contributed by atoms with Gasteiger partial charge in [0, 0.05) is 10.9 Å². The van der Waals surface area contributed by atoms with E-state index in [-0.39, 0.29) is 6.61 Å². The molecule has 3 rings (SSSR count). The monoisotopic (exact) mass is 337 g/mol. The van der Waals surface area contributed by atoms with Crippen molar-refractivity contribution in [1.29, 1.82) is 0 Å². The van der Waals surface area contributed by atoms with Crippen molar-refractivity contribution >= 4 is 22.7 Å². The maximum atomic E-state index is 12.1. The van der Waals surface area contributed by atoms with Gasteiger partial charge in [-0.05, 0) is 49.2 Å². The van der Waals surface area contributed by atoms with Crippen LogP contribution in [-0.4, -0.2) is 23.4 Å². The molecule has 0 radical (unpaired) electrons. The summed E-state index contributed by atoms with van der Waals surface area (Å²) in [6, 6.07) is 15.0. The third kappa shape index (κ3) is 4.17. The molecule has 0 atom stereocenters. The third-order valence-electron chi connectivity index (χ3n) is 3.70. The molecule has 3 N–H and O–H groups in total. The van der Waals surface area contributed by atoms with E-state index in [1.54, 1.807) is 12.1 Å². The predicted molar refractivity (Wildman–Crippen MR) is 95.3 cm³/mol. The molecule has 0 unspecified atom stereocenters. The third-order valence-corrected chi connectivity index (χ3v) is 3.70. The first kappa shape index (κ1) is 16.6. The Bertz CT molecular complexity index is 931. The second-order valence-electron chi connectivity index (χ2n) is 5.88. The number of carbonyl (C=O) groups is 2. The molecule has 0 aliphatic heterocycles. The summed E-state index contributed by atoms with van der Waals surface area (Å²) < 4.78 is 5.38. The number of hydrogen-bond donors (Lipinski definition) is 3. The van der Waals surface area contributed by atoms with E-state index in [1.165, 1.54) is 0 Å². The highest BCUT2D eigenvalue weighted by molar-refractivity contribution is 5.98. The van der Waals surface area contributed by atoms with Crippen LogP contribution in [0.1, 0.15) is 21.6 Å². The van der Waals surface area contributed by atoms with Gasteiger partial charge in [-0.3, -0.25) is 20.4 Å². The van der Waals surface area contributed by atoms with Crippen molar-refractivity contribution in [2.75, 3.05) is 6.61 Å². The highest BCUT2D eigenvalue weighted by Gasteiger charge is 2.11. The van der Waals surface area contributed by atoms with E-state index in [1.807, 2.05) is 50.2 Å². The van der Waals surface area contributed by atoms with Gasteiger partial charge in [0.25, 0.3) is 11.8 Å². The van der Waals surface area contributed by atoms with Crippen molar-refractivity contribution in [2.24, 2.45) is 0 Å². The summed E-state index contributed by atoms with van der Waals surface area (Å²) in [4.78, 5) is 26.9. The van der Waals surface area contributed by atoms with E-state index >= 15 is 0 Å². The Morgan fingerprint density at radius 3 is 2.60 bits per heavy atom. The van der Waals surface area contributed by atoms with Crippen molar-refractivity contribution < 1.29 is 14.3 Å². The summed E-state index contributed by atoms with van der Waals surface area (Å²) in [7, 11) is 0. The molecule has 0 saturated carbocycles. The molecule has 1 aromatic heterocycles. The SMILES string of the molecule is Cc1cccc(OCC(=O)NNC(=O)c2cc3ccc(C)cc3[nH]2)c1. The van der Waals surface area contributed by atoms with Crippen LogP contribution in [0.5, 0.6) is 5.75 Å². The van der Waals surface area contributed by atoms with Gasteiger partial charge in [0.05, 0.1) is 0 Å². The number of hydrogen-bond acceptors (Lipinski definition) is 3. The lowest BCUT2D eigenvalue weighted by Gasteiger charge is -2.08. The van der Waals surface area contributed by atoms with Crippen LogP contribution in [0.15, 0.2) is 48.5 Å². The lowest BCUT2D eigenvalue weighted by molar-refractivity contribution is -0.123. The average molecular weight is 337 g/mol. The van der Waals surface area contributed by atoms with Gasteiger partial charge in [-0.25, -0.2) is 0 Å². The number of carbonyl (C=O) groups excluding carboxylic acids is 2. The van der Waals surface area contributed by atoms with Gasteiger partial charge < -0.3 is 9.72 Å². The summed E-state index contributed by atoms with van der Waals surface area (Å²) >= 11 is 0. The zero-order valence-corrected chi connectivity index (χ0v) is 14.1. The number of H-pyrrole nitrogens is 1. The first-order valence-electron chi connectivity index (χ1n) is 7.89.